The van der Waals surface area contributed by atoms with Crippen LogP contribution in [0.3, 0.4) is 0 Å². The third kappa shape index (κ3) is 5.36. The fourth-order valence-electron chi connectivity index (χ4n) is 3.44. The minimum atomic E-state index is -0.283. The summed E-state index contributed by atoms with van der Waals surface area (Å²) in [5.74, 6) is 1.93. The average Bonchev–Trinajstić information content (AvgIpc) is 3.14. The van der Waals surface area contributed by atoms with Crippen molar-refractivity contribution in [3.05, 3.63) is 72.8 Å². The van der Waals surface area contributed by atoms with Gasteiger partial charge in [-0.15, -0.1) is 0 Å². The lowest BCUT2D eigenvalue weighted by Crippen LogP contribution is -2.30. The van der Waals surface area contributed by atoms with Gasteiger partial charge in [0.05, 0.1) is 24.7 Å². The molecule has 7 heteroatoms. The van der Waals surface area contributed by atoms with Gasteiger partial charge in [0.2, 0.25) is 0 Å². The van der Waals surface area contributed by atoms with Crippen molar-refractivity contribution in [1.29, 1.82) is 0 Å². The number of nitrogens with zero attached hydrogens (tertiary/aromatic N) is 3. The summed E-state index contributed by atoms with van der Waals surface area (Å²) in [4.78, 5) is 21.4. The summed E-state index contributed by atoms with van der Waals surface area (Å²) < 4.78 is 5.46. The van der Waals surface area contributed by atoms with Crippen molar-refractivity contribution in [2.45, 2.75) is 13.0 Å². The molecule has 3 heterocycles. The number of pyridine rings is 1. The molecule has 3 aromatic rings. The number of hydrogen-bond acceptors (Lipinski definition) is 5. The molecule has 2 N–H and O–H groups in total. The predicted molar refractivity (Wildman–Crippen MR) is 114 cm³/mol. The van der Waals surface area contributed by atoms with Gasteiger partial charge in [0.25, 0.3) is 0 Å². The van der Waals surface area contributed by atoms with Crippen LogP contribution >= 0.6 is 0 Å². The number of amides is 2. The maximum absolute atomic E-state index is 12.1. The van der Waals surface area contributed by atoms with E-state index in [4.69, 9.17) is 4.42 Å². The molecule has 0 saturated carbocycles. The van der Waals surface area contributed by atoms with Crippen LogP contribution in [0.2, 0.25) is 0 Å². The molecule has 7 nitrogen and oxygen atoms in total. The van der Waals surface area contributed by atoms with E-state index in [2.05, 4.69) is 25.4 Å². The number of anilines is 3. The van der Waals surface area contributed by atoms with E-state index in [9.17, 15) is 4.79 Å². The zero-order valence-corrected chi connectivity index (χ0v) is 16.3. The van der Waals surface area contributed by atoms with Gasteiger partial charge >= 0.3 is 6.03 Å². The number of rotatable bonds is 5. The number of urea groups is 1. The van der Waals surface area contributed by atoms with Crippen molar-refractivity contribution in [2.75, 3.05) is 41.7 Å². The summed E-state index contributed by atoms with van der Waals surface area (Å²) in [6.45, 7) is 4.71. The molecule has 29 heavy (non-hydrogen) atoms. The number of carbonyl (C=O) groups is 1. The van der Waals surface area contributed by atoms with Crippen LogP contribution in [0.1, 0.15) is 12.2 Å². The fraction of sp³-hybridized carbons (Fsp3) is 0.273. The first kappa shape index (κ1) is 19.0. The normalized spacial score (nSPS) is 15.0. The molecule has 150 valence electrons. The van der Waals surface area contributed by atoms with Gasteiger partial charge in [-0.3, -0.25) is 4.90 Å². The molecule has 0 aliphatic carbocycles. The number of nitrogens with one attached hydrogen (secondary N) is 2. The van der Waals surface area contributed by atoms with E-state index in [0.29, 0.717) is 5.69 Å². The number of aromatic nitrogens is 1. The summed E-state index contributed by atoms with van der Waals surface area (Å²) in [7, 11) is 0. The molecular formula is C22H25N5O2. The molecule has 0 atom stereocenters. The van der Waals surface area contributed by atoms with Crippen molar-refractivity contribution in [3.63, 3.8) is 0 Å². The molecule has 1 fully saturated rings. The van der Waals surface area contributed by atoms with Crippen molar-refractivity contribution < 1.29 is 9.21 Å². The highest BCUT2D eigenvalue weighted by molar-refractivity contribution is 5.99. The number of benzene rings is 1. The van der Waals surface area contributed by atoms with Crippen LogP contribution in [0.25, 0.3) is 0 Å². The van der Waals surface area contributed by atoms with Crippen LogP contribution in [-0.4, -0.2) is 42.1 Å². The van der Waals surface area contributed by atoms with E-state index in [-0.39, 0.29) is 6.03 Å². The molecule has 4 rings (SSSR count). The highest BCUT2D eigenvalue weighted by Gasteiger charge is 2.17. The Kier molecular flexibility index (Phi) is 6.07. The second-order valence-electron chi connectivity index (χ2n) is 7.05. The zero-order valence-electron chi connectivity index (χ0n) is 16.3. The molecular weight excluding hydrogens is 366 g/mol. The summed E-state index contributed by atoms with van der Waals surface area (Å²) in [5.41, 5.74) is 1.41. The topological polar surface area (TPSA) is 73.6 Å². The van der Waals surface area contributed by atoms with Crippen LogP contribution in [0.15, 0.2) is 71.5 Å². The quantitative estimate of drug-likeness (QED) is 0.687. The third-order valence-corrected chi connectivity index (χ3v) is 4.91. The van der Waals surface area contributed by atoms with Gasteiger partial charge < -0.3 is 20.0 Å². The van der Waals surface area contributed by atoms with Gasteiger partial charge in [0.1, 0.15) is 11.6 Å². The Hall–Kier alpha value is -3.32. The lowest BCUT2D eigenvalue weighted by molar-refractivity contribution is 0.260. The average molecular weight is 391 g/mol. The SMILES string of the molecule is O=C(Nc1ccccc1)Nc1ccc(N2CCCN(Cc3ccco3)CC2)nc1. The highest BCUT2D eigenvalue weighted by atomic mass is 16.3. The van der Waals surface area contributed by atoms with Crippen molar-refractivity contribution >= 4 is 23.2 Å². The van der Waals surface area contributed by atoms with E-state index < -0.39 is 0 Å². The summed E-state index contributed by atoms with van der Waals surface area (Å²) in [5, 5.41) is 5.61. The van der Waals surface area contributed by atoms with E-state index in [1.54, 1.807) is 12.5 Å². The van der Waals surface area contributed by atoms with Crippen LogP contribution in [-0.2, 0) is 6.54 Å². The lowest BCUT2D eigenvalue weighted by atomic mass is 10.3. The van der Waals surface area contributed by atoms with Crippen LogP contribution in [0.5, 0.6) is 0 Å². The van der Waals surface area contributed by atoms with E-state index in [1.165, 1.54) is 0 Å². The van der Waals surface area contributed by atoms with Crippen molar-refractivity contribution in [3.8, 4) is 0 Å². The maximum atomic E-state index is 12.1. The molecule has 1 aliphatic heterocycles. The predicted octanol–water partition coefficient (Wildman–Crippen LogP) is 4.03. The highest BCUT2D eigenvalue weighted by Crippen LogP contribution is 2.18. The Balaban J connectivity index is 1.30. The number of hydrogen-bond donors (Lipinski definition) is 2. The van der Waals surface area contributed by atoms with E-state index >= 15 is 0 Å². The Morgan fingerprint density at radius 2 is 1.79 bits per heavy atom. The molecule has 1 saturated heterocycles. The van der Waals surface area contributed by atoms with Gasteiger partial charge in [-0.2, -0.15) is 0 Å². The summed E-state index contributed by atoms with van der Waals surface area (Å²) in [6.07, 6.45) is 4.49. The largest absolute Gasteiger partial charge is 0.468 e. The Morgan fingerprint density at radius 1 is 0.931 bits per heavy atom. The molecule has 0 unspecified atom stereocenters. The number of para-hydroxylation sites is 1. The van der Waals surface area contributed by atoms with Gasteiger partial charge in [0.15, 0.2) is 0 Å². The van der Waals surface area contributed by atoms with Crippen molar-refractivity contribution in [1.82, 2.24) is 9.88 Å². The second-order valence-corrected chi connectivity index (χ2v) is 7.05. The fourth-order valence-corrected chi connectivity index (χ4v) is 3.44. The van der Waals surface area contributed by atoms with Gasteiger partial charge in [0, 0.05) is 31.9 Å². The Morgan fingerprint density at radius 3 is 2.55 bits per heavy atom. The first-order valence-electron chi connectivity index (χ1n) is 9.85. The lowest BCUT2D eigenvalue weighted by Gasteiger charge is -2.22. The molecule has 1 aliphatic rings. The smallest absolute Gasteiger partial charge is 0.323 e. The Labute approximate surface area is 170 Å². The monoisotopic (exact) mass is 391 g/mol. The zero-order chi connectivity index (χ0) is 19.9. The molecule has 2 amide bonds. The van der Waals surface area contributed by atoms with E-state index in [0.717, 1.165) is 56.4 Å². The molecule has 1 aromatic carbocycles. The first-order chi connectivity index (χ1) is 14.3. The minimum Gasteiger partial charge on any atom is -0.468 e. The van der Waals surface area contributed by atoms with Crippen LogP contribution < -0.4 is 15.5 Å². The maximum Gasteiger partial charge on any atom is 0.323 e. The first-order valence-corrected chi connectivity index (χ1v) is 9.85. The molecule has 0 radical (unpaired) electrons. The van der Waals surface area contributed by atoms with Crippen LogP contribution in [0.4, 0.5) is 22.0 Å². The molecule has 0 spiro atoms. The second kappa shape index (κ2) is 9.25. The Bertz CT molecular complexity index is 897. The number of furan rings is 1. The van der Waals surface area contributed by atoms with E-state index in [1.807, 2.05) is 54.6 Å². The molecule has 2 aromatic heterocycles. The third-order valence-electron chi connectivity index (χ3n) is 4.91. The van der Waals surface area contributed by atoms with Gasteiger partial charge in [-0.05, 0) is 42.8 Å². The van der Waals surface area contributed by atoms with Gasteiger partial charge in [-0.1, -0.05) is 18.2 Å². The minimum absolute atomic E-state index is 0.283. The van der Waals surface area contributed by atoms with Gasteiger partial charge in [-0.25, -0.2) is 9.78 Å². The summed E-state index contributed by atoms with van der Waals surface area (Å²) in [6, 6.07) is 16.9. The summed E-state index contributed by atoms with van der Waals surface area (Å²) >= 11 is 0. The van der Waals surface area contributed by atoms with Crippen molar-refractivity contribution in [2.24, 2.45) is 0 Å². The molecule has 0 bridgehead atoms. The standard InChI is InChI=1S/C22H25N5O2/c28-22(24-18-6-2-1-3-7-18)25-19-9-10-21(23-16-19)27-12-5-11-26(13-14-27)17-20-8-4-15-29-20/h1-4,6-10,15-16H,5,11-14,17H2,(H2,24,25,28). The number of carbonyl (C=O) groups excluding carboxylic acids is 1. The van der Waals surface area contributed by atoms with Crippen LogP contribution in [0, 0.1) is 0 Å².